The number of nitro benzene ring substituents is 1. The van der Waals surface area contributed by atoms with Crippen molar-refractivity contribution in [2.24, 2.45) is 5.73 Å². The van der Waals surface area contributed by atoms with Gasteiger partial charge < -0.3 is 5.73 Å². The van der Waals surface area contributed by atoms with Crippen molar-refractivity contribution in [1.82, 2.24) is 0 Å². The summed E-state index contributed by atoms with van der Waals surface area (Å²) in [5.74, 6) is -0.618. The van der Waals surface area contributed by atoms with Gasteiger partial charge in [0.1, 0.15) is 5.02 Å². The molecule has 0 aliphatic carbocycles. The number of hydrogen-bond acceptors (Lipinski definition) is 3. The van der Waals surface area contributed by atoms with Crippen molar-refractivity contribution in [2.75, 3.05) is 0 Å². The standard InChI is InChI=1S/C9H7ClN2O3/c10-7-3-1-6(2-4-9(11)13)5-8(7)12(14)15/h1-5H,(H2,11,13)/b4-2-. The van der Waals surface area contributed by atoms with Crippen molar-refractivity contribution in [2.45, 2.75) is 0 Å². The number of nitrogens with two attached hydrogens (primary N) is 1. The van der Waals surface area contributed by atoms with Gasteiger partial charge in [-0.25, -0.2) is 0 Å². The van der Waals surface area contributed by atoms with Crippen LogP contribution in [0.4, 0.5) is 5.69 Å². The average Bonchev–Trinajstić information content (AvgIpc) is 2.16. The van der Waals surface area contributed by atoms with E-state index in [-0.39, 0.29) is 10.7 Å². The Morgan fingerprint density at radius 1 is 1.53 bits per heavy atom. The zero-order valence-electron chi connectivity index (χ0n) is 7.51. The van der Waals surface area contributed by atoms with Crippen LogP contribution in [0.1, 0.15) is 5.56 Å². The monoisotopic (exact) mass is 226 g/mol. The largest absolute Gasteiger partial charge is 0.366 e. The van der Waals surface area contributed by atoms with E-state index in [1.165, 1.54) is 18.2 Å². The van der Waals surface area contributed by atoms with Crippen LogP contribution in [0.3, 0.4) is 0 Å². The Kier molecular flexibility index (Phi) is 3.41. The molecule has 0 spiro atoms. The maximum absolute atomic E-state index is 10.5. The molecule has 5 nitrogen and oxygen atoms in total. The fraction of sp³-hybridized carbons (Fsp3) is 0. The number of carbonyl (C=O) groups is 1. The van der Waals surface area contributed by atoms with E-state index in [4.69, 9.17) is 17.3 Å². The van der Waals surface area contributed by atoms with Gasteiger partial charge in [-0.3, -0.25) is 14.9 Å². The zero-order chi connectivity index (χ0) is 11.4. The van der Waals surface area contributed by atoms with Crippen LogP contribution in [-0.2, 0) is 4.79 Å². The van der Waals surface area contributed by atoms with Gasteiger partial charge in [0.15, 0.2) is 0 Å². The molecule has 0 saturated carbocycles. The Balaban J connectivity index is 3.08. The van der Waals surface area contributed by atoms with Gasteiger partial charge in [0.05, 0.1) is 4.92 Å². The van der Waals surface area contributed by atoms with Crippen LogP contribution in [0.2, 0.25) is 5.02 Å². The summed E-state index contributed by atoms with van der Waals surface area (Å²) in [7, 11) is 0. The summed E-state index contributed by atoms with van der Waals surface area (Å²) in [6.07, 6.45) is 2.50. The Hall–Kier alpha value is -1.88. The van der Waals surface area contributed by atoms with Gasteiger partial charge in [-0.05, 0) is 17.7 Å². The number of rotatable bonds is 3. The molecule has 2 N–H and O–H groups in total. The summed E-state index contributed by atoms with van der Waals surface area (Å²) in [5, 5.41) is 10.6. The number of carbonyl (C=O) groups excluding carboxylic acids is 1. The van der Waals surface area contributed by atoms with E-state index < -0.39 is 10.8 Å². The minimum absolute atomic E-state index is 0.0521. The molecule has 0 aliphatic heterocycles. The number of primary amides is 1. The summed E-state index contributed by atoms with van der Waals surface area (Å²) in [6, 6.07) is 4.21. The molecule has 0 saturated heterocycles. The van der Waals surface area contributed by atoms with Crippen molar-refractivity contribution in [1.29, 1.82) is 0 Å². The molecule has 0 radical (unpaired) electrons. The first-order valence-corrected chi connectivity index (χ1v) is 4.30. The van der Waals surface area contributed by atoms with Gasteiger partial charge in [-0.2, -0.15) is 0 Å². The molecule has 6 heteroatoms. The lowest BCUT2D eigenvalue weighted by Crippen LogP contribution is -2.05. The zero-order valence-corrected chi connectivity index (χ0v) is 8.27. The summed E-state index contributed by atoms with van der Waals surface area (Å²) < 4.78 is 0. The molecule has 1 aromatic carbocycles. The molecule has 0 fully saturated rings. The molecule has 0 aliphatic rings. The quantitative estimate of drug-likeness (QED) is 0.484. The predicted octanol–water partition coefficient (Wildman–Crippen LogP) is 1.75. The molecule has 0 unspecified atom stereocenters. The van der Waals surface area contributed by atoms with Crippen molar-refractivity contribution in [3.05, 3.63) is 45.0 Å². The Morgan fingerprint density at radius 2 is 2.20 bits per heavy atom. The lowest BCUT2D eigenvalue weighted by atomic mass is 10.2. The number of benzene rings is 1. The van der Waals surface area contributed by atoms with Crippen LogP contribution in [0.5, 0.6) is 0 Å². The highest BCUT2D eigenvalue weighted by Gasteiger charge is 2.11. The van der Waals surface area contributed by atoms with E-state index in [1.54, 1.807) is 6.07 Å². The van der Waals surface area contributed by atoms with Crippen LogP contribution in [0.15, 0.2) is 24.3 Å². The van der Waals surface area contributed by atoms with Gasteiger partial charge in [-0.15, -0.1) is 0 Å². The van der Waals surface area contributed by atoms with E-state index in [0.29, 0.717) is 5.56 Å². The van der Waals surface area contributed by atoms with E-state index in [1.807, 2.05) is 0 Å². The van der Waals surface area contributed by atoms with Gasteiger partial charge in [-0.1, -0.05) is 17.7 Å². The second-order valence-corrected chi connectivity index (χ2v) is 3.11. The number of nitrogens with zero attached hydrogens (tertiary/aromatic N) is 1. The third-order valence-corrected chi connectivity index (χ3v) is 1.93. The normalized spacial score (nSPS) is 10.5. The molecule has 15 heavy (non-hydrogen) atoms. The first-order chi connectivity index (χ1) is 7.00. The Labute approximate surface area is 90.3 Å². The molecule has 0 heterocycles. The second-order valence-electron chi connectivity index (χ2n) is 2.70. The smallest absolute Gasteiger partial charge is 0.288 e. The fourth-order valence-corrected chi connectivity index (χ4v) is 1.14. The van der Waals surface area contributed by atoms with E-state index in [2.05, 4.69) is 0 Å². The third kappa shape index (κ3) is 3.07. The molecule has 1 aromatic rings. The van der Waals surface area contributed by atoms with Crippen LogP contribution >= 0.6 is 11.6 Å². The summed E-state index contributed by atoms with van der Waals surface area (Å²) in [6.45, 7) is 0. The lowest BCUT2D eigenvalue weighted by molar-refractivity contribution is -0.384. The highest BCUT2D eigenvalue weighted by Crippen LogP contribution is 2.25. The number of hydrogen-bond donors (Lipinski definition) is 1. The first kappa shape index (κ1) is 11.2. The van der Waals surface area contributed by atoms with E-state index in [0.717, 1.165) is 6.08 Å². The molecule has 1 amide bonds. The van der Waals surface area contributed by atoms with Gasteiger partial charge in [0.25, 0.3) is 5.69 Å². The highest BCUT2D eigenvalue weighted by atomic mass is 35.5. The Morgan fingerprint density at radius 3 is 2.73 bits per heavy atom. The van der Waals surface area contributed by atoms with Gasteiger partial charge in [0, 0.05) is 12.1 Å². The molecular weight excluding hydrogens is 220 g/mol. The highest BCUT2D eigenvalue weighted by molar-refractivity contribution is 6.32. The summed E-state index contributed by atoms with van der Waals surface area (Å²) in [4.78, 5) is 20.4. The fourth-order valence-electron chi connectivity index (χ4n) is 0.952. The lowest BCUT2D eigenvalue weighted by Gasteiger charge is -1.96. The number of nitro groups is 1. The molecular formula is C9H7ClN2O3. The molecule has 0 atom stereocenters. The summed E-state index contributed by atoms with van der Waals surface area (Å²) >= 11 is 5.60. The topological polar surface area (TPSA) is 86.2 Å². The van der Waals surface area contributed by atoms with Crippen LogP contribution in [0.25, 0.3) is 6.08 Å². The number of halogens is 1. The predicted molar refractivity (Wildman–Crippen MR) is 56.3 cm³/mol. The van der Waals surface area contributed by atoms with Gasteiger partial charge >= 0.3 is 0 Å². The minimum Gasteiger partial charge on any atom is -0.366 e. The average molecular weight is 227 g/mol. The number of amides is 1. The SMILES string of the molecule is NC(=O)/C=C\c1ccc(Cl)c([N+](=O)[O-])c1. The second kappa shape index (κ2) is 4.56. The molecule has 0 bridgehead atoms. The van der Waals surface area contributed by atoms with Crippen molar-refractivity contribution in [3.63, 3.8) is 0 Å². The molecule has 0 aromatic heterocycles. The maximum Gasteiger partial charge on any atom is 0.288 e. The minimum atomic E-state index is -0.618. The van der Waals surface area contributed by atoms with Gasteiger partial charge in [0.2, 0.25) is 5.91 Å². The van der Waals surface area contributed by atoms with Crippen molar-refractivity contribution < 1.29 is 9.72 Å². The molecule has 78 valence electrons. The third-order valence-electron chi connectivity index (χ3n) is 1.61. The summed E-state index contributed by atoms with van der Waals surface area (Å²) in [5.41, 5.74) is 5.17. The first-order valence-electron chi connectivity index (χ1n) is 3.92. The molecule has 1 rings (SSSR count). The van der Waals surface area contributed by atoms with E-state index >= 15 is 0 Å². The van der Waals surface area contributed by atoms with Crippen LogP contribution in [0, 0.1) is 10.1 Å². The van der Waals surface area contributed by atoms with Crippen molar-refractivity contribution >= 4 is 29.3 Å². The van der Waals surface area contributed by atoms with Crippen LogP contribution in [-0.4, -0.2) is 10.8 Å². The van der Waals surface area contributed by atoms with Crippen molar-refractivity contribution in [3.8, 4) is 0 Å². The Bertz CT molecular complexity index is 443. The maximum atomic E-state index is 10.5. The van der Waals surface area contributed by atoms with Crippen LogP contribution < -0.4 is 5.73 Å². The van der Waals surface area contributed by atoms with E-state index in [9.17, 15) is 14.9 Å².